The van der Waals surface area contributed by atoms with Crippen LogP contribution in [0.5, 0.6) is 0 Å². The minimum absolute atomic E-state index is 0.148. The Morgan fingerprint density at radius 3 is 2.55 bits per heavy atom. The lowest BCUT2D eigenvalue weighted by Gasteiger charge is -2.36. The molecule has 6 rings (SSSR count). The summed E-state index contributed by atoms with van der Waals surface area (Å²) in [7, 11) is -0.582. The number of anilines is 1. The number of pyridine rings is 3. The normalized spacial score (nSPS) is 17.6. The molecule has 0 radical (unpaired) electrons. The van der Waals surface area contributed by atoms with Gasteiger partial charge in [0.25, 0.3) is 5.91 Å². The number of aryl methyl sites for hydroxylation is 1. The Kier molecular flexibility index (Phi) is 7.33. The average Bonchev–Trinajstić information content (AvgIpc) is 3.31. The van der Waals surface area contributed by atoms with Gasteiger partial charge in [-0.15, -0.1) is 0 Å². The van der Waals surface area contributed by atoms with E-state index in [9.17, 15) is 9.36 Å². The maximum atomic E-state index is 13.1. The van der Waals surface area contributed by atoms with Gasteiger partial charge < -0.3 is 24.1 Å². The van der Waals surface area contributed by atoms with Crippen molar-refractivity contribution < 1.29 is 14.1 Å². The summed E-state index contributed by atoms with van der Waals surface area (Å²) in [5.41, 5.74) is 4.51. The van der Waals surface area contributed by atoms with Gasteiger partial charge in [-0.1, -0.05) is 6.07 Å². The molecule has 4 aromatic heterocycles. The van der Waals surface area contributed by atoms with Crippen LogP contribution in [0.1, 0.15) is 29.9 Å². The van der Waals surface area contributed by atoms with E-state index in [2.05, 4.69) is 29.0 Å². The molecule has 0 aliphatic carbocycles. The monoisotopic (exact) mass is 582 g/mol. The zero-order valence-electron chi connectivity index (χ0n) is 24.5. The number of aromatic nitrogens is 4. The molecule has 1 N–H and O–H groups in total. The summed E-state index contributed by atoms with van der Waals surface area (Å²) in [5.74, 6) is 0.696. The van der Waals surface area contributed by atoms with E-state index in [0.717, 1.165) is 57.4 Å². The topological polar surface area (TPSA) is 102 Å². The maximum Gasteiger partial charge on any atom is 0.251 e. The van der Waals surface area contributed by atoms with Crippen molar-refractivity contribution >= 4 is 46.0 Å². The molecule has 216 valence electrons. The Labute approximate surface area is 245 Å². The fourth-order valence-electron chi connectivity index (χ4n) is 5.62. The number of nitrogens with one attached hydrogen (secondary N) is 1. The van der Waals surface area contributed by atoms with Crippen LogP contribution in [-0.2, 0) is 22.9 Å². The highest BCUT2D eigenvalue weighted by Gasteiger charge is 2.23. The van der Waals surface area contributed by atoms with Crippen LogP contribution in [0.3, 0.4) is 0 Å². The molecule has 5 heterocycles. The Morgan fingerprint density at radius 1 is 1.02 bits per heavy atom. The first-order valence-corrected chi connectivity index (χ1v) is 16.7. The van der Waals surface area contributed by atoms with Gasteiger partial charge in [0.15, 0.2) is 0 Å². The van der Waals surface area contributed by atoms with Crippen LogP contribution >= 0.6 is 7.14 Å². The van der Waals surface area contributed by atoms with Crippen molar-refractivity contribution in [2.75, 3.05) is 31.3 Å². The van der Waals surface area contributed by atoms with Gasteiger partial charge >= 0.3 is 0 Å². The van der Waals surface area contributed by atoms with Crippen LogP contribution in [0.4, 0.5) is 5.82 Å². The van der Waals surface area contributed by atoms with Gasteiger partial charge in [0, 0.05) is 59.7 Å². The fourth-order valence-corrected chi connectivity index (χ4v) is 6.83. The molecule has 1 aliphatic heterocycles. The van der Waals surface area contributed by atoms with Gasteiger partial charge in [0.2, 0.25) is 0 Å². The van der Waals surface area contributed by atoms with E-state index in [1.54, 1.807) is 25.6 Å². The lowest BCUT2D eigenvalue weighted by Crippen LogP contribution is -2.45. The molecule has 1 saturated heterocycles. The quantitative estimate of drug-likeness (QED) is 0.282. The van der Waals surface area contributed by atoms with Crippen molar-refractivity contribution in [3.05, 3.63) is 78.2 Å². The molecule has 0 unspecified atom stereocenters. The highest BCUT2D eigenvalue weighted by Crippen LogP contribution is 2.38. The van der Waals surface area contributed by atoms with E-state index in [4.69, 9.17) is 14.7 Å². The number of amides is 1. The number of morpholine rings is 1. The summed E-state index contributed by atoms with van der Waals surface area (Å²) < 4.78 is 20.7. The van der Waals surface area contributed by atoms with Gasteiger partial charge in [0.05, 0.1) is 41.4 Å². The summed E-state index contributed by atoms with van der Waals surface area (Å²) in [4.78, 5) is 29.7. The van der Waals surface area contributed by atoms with E-state index in [-0.39, 0.29) is 24.7 Å². The first-order valence-electron chi connectivity index (χ1n) is 14.1. The van der Waals surface area contributed by atoms with Crippen LogP contribution in [0, 0.1) is 0 Å². The molecule has 9 nitrogen and oxygen atoms in total. The Bertz CT molecular complexity index is 1850. The highest BCUT2D eigenvalue weighted by atomic mass is 31.2. The minimum Gasteiger partial charge on any atom is -0.372 e. The lowest BCUT2D eigenvalue weighted by atomic mass is 10.1. The number of fused-ring (bicyclic) bond motifs is 2. The number of hydrogen-bond acceptors (Lipinski definition) is 7. The number of nitrogens with zero attached hydrogens (tertiary/aromatic N) is 5. The second kappa shape index (κ2) is 11.0. The number of rotatable bonds is 6. The standard InChI is InChI=1S/C32H35N6O3P/c1-20-17-38(18-21(2)41-20)31-8-6-7-26(36-31)27-11-9-23-15-33-24(14-28(23)35-27)16-34-32(39)22-10-12-29-25(13-22)30(19-37(29)3)42(4,5)40/h6-15,19-21H,16-18H2,1-5H3,(H,34,39)/t20-,21+. The minimum atomic E-state index is -2.50. The number of carbonyl (C=O) groups is 1. The molecule has 1 aliphatic rings. The van der Waals surface area contributed by atoms with Crippen molar-refractivity contribution in [2.45, 2.75) is 32.6 Å². The molecule has 0 bridgehead atoms. The van der Waals surface area contributed by atoms with Crippen LogP contribution in [0.15, 0.2) is 67.0 Å². The molecule has 10 heteroatoms. The Balaban J connectivity index is 1.21. The van der Waals surface area contributed by atoms with Gasteiger partial charge in [-0.25, -0.2) is 9.97 Å². The van der Waals surface area contributed by atoms with Crippen LogP contribution in [0.2, 0.25) is 0 Å². The fraction of sp³-hybridized carbons (Fsp3) is 0.312. The molecule has 2 atom stereocenters. The smallest absolute Gasteiger partial charge is 0.251 e. The van der Waals surface area contributed by atoms with E-state index in [1.807, 2.05) is 66.3 Å². The molecular weight excluding hydrogens is 547 g/mol. The summed E-state index contributed by atoms with van der Waals surface area (Å²) in [6.07, 6.45) is 3.96. The summed E-state index contributed by atoms with van der Waals surface area (Å²) in [5, 5.41) is 5.50. The molecule has 42 heavy (non-hydrogen) atoms. The summed E-state index contributed by atoms with van der Waals surface area (Å²) >= 11 is 0. The first-order chi connectivity index (χ1) is 20.0. The van der Waals surface area contributed by atoms with Crippen LogP contribution < -0.4 is 15.5 Å². The average molecular weight is 583 g/mol. The predicted octanol–water partition coefficient (Wildman–Crippen LogP) is 4.98. The largest absolute Gasteiger partial charge is 0.372 e. The molecule has 1 fully saturated rings. The lowest BCUT2D eigenvalue weighted by molar-refractivity contribution is -0.00545. The molecular formula is C32H35N6O3P. The third-order valence-corrected chi connectivity index (χ3v) is 9.13. The van der Waals surface area contributed by atoms with Crippen LogP contribution in [0.25, 0.3) is 33.2 Å². The van der Waals surface area contributed by atoms with Gasteiger partial charge in [-0.2, -0.15) is 0 Å². The number of carbonyl (C=O) groups excluding carboxylic acids is 1. The molecule has 1 amide bonds. The van der Waals surface area contributed by atoms with Gasteiger partial charge in [-0.05, 0) is 75.7 Å². The number of benzene rings is 1. The SMILES string of the molecule is C[C@@H]1CN(c2cccc(-c3ccc4cnc(CNC(=O)c5ccc6c(c5)c(P(C)(C)=O)cn6C)cc4n3)n2)C[C@H](C)O1. The van der Waals surface area contributed by atoms with Crippen LogP contribution in [-0.4, -0.2) is 64.1 Å². The van der Waals surface area contributed by atoms with Gasteiger partial charge in [0.1, 0.15) is 13.0 Å². The van der Waals surface area contributed by atoms with Crippen molar-refractivity contribution in [3.8, 4) is 11.4 Å². The third kappa shape index (κ3) is 5.67. The molecule has 0 saturated carbocycles. The third-order valence-electron chi connectivity index (χ3n) is 7.61. The summed E-state index contributed by atoms with van der Waals surface area (Å²) in [6, 6.07) is 17.4. The molecule has 5 aromatic rings. The Morgan fingerprint density at radius 2 is 1.79 bits per heavy atom. The zero-order valence-corrected chi connectivity index (χ0v) is 25.4. The highest BCUT2D eigenvalue weighted by molar-refractivity contribution is 7.70. The number of hydrogen-bond donors (Lipinski definition) is 1. The van der Waals surface area contributed by atoms with Crippen molar-refractivity contribution in [1.82, 2.24) is 24.8 Å². The first kappa shape index (κ1) is 28.1. The second-order valence-corrected chi connectivity index (χ2v) is 14.7. The van der Waals surface area contributed by atoms with Crippen molar-refractivity contribution in [3.63, 3.8) is 0 Å². The molecule has 0 spiro atoms. The maximum absolute atomic E-state index is 13.1. The van der Waals surface area contributed by atoms with E-state index < -0.39 is 7.14 Å². The van der Waals surface area contributed by atoms with E-state index >= 15 is 0 Å². The summed E-state index contributed by atoms with van der Waals surface area (Å²) in [6.45, 7) is 9.51. The number of ether oxygens (including phenoxy) is 1. The van der Waals surface area contributed by atoms with Crippen molar-refractivity contribution in [1.29, 1.82) is 0 Å². The van der Waals surface area contributed by atoms with E-state index in [0.29, 0.717) is 11.3 Å². The predicted molar refractivity (Wildman–Crippen MR) is 168 cm³/mol. The zero-order chi connectivity index (χ0) is 29.6. The second-order valence-electron chi connectivity index (χ2n) is 11.5. The molecule has 1 aromatic carbocycles. The van der Waals surface area contributed by atoms with Gasteiger partial charge in [-0.3, -0.25) is 9.78 Å². The van der Waals surface area contributed by atoms with E-state index in [1.165, 1.54) is 0 Å². The Hall–Kier alpha value is -4.07. The van der Waals surface area contributed by atoms with Crippen molar-refractivity contribution in [2.24, 2.45) is 7.05 Å².